The summed E-state index contributed by atoms with van der Waals surface area (Å²) in [7, 11) is 0. The molecule has 1 aromatic rings. The van der Waals surface area contributed by atoms with E-state index in [9.17, 15) is 19.8 Å². The first-order valence-electron chi connectivity index (χ1n) is 11.8. The lowest BCUT2D eigenvalue weighted by Gasteiger charge is -2.31. The monoisotopic (exact) mass is 447 g/mol. The molecule has 5 nitrogen and oxygen atoms in total. The Hall–Kier alpha value is -1.66. The number of amides is 1. The molecule has 2 unspecified atom stereocenters. The van der Waals surface area contributed by atoms with Crippen molar-refractivity contribution in [2.24, 2.45) is 17.8 Å². The first kappa shape index (κ1) is 24.0. The first-order chi connectivity index (χ1) is 14.8. The summed E-state index contributed by atoms with van der Waals surface area (Å²) >= 11 is 1.30. The Morgan fingerprint density at radius 2 is 1.87 bits per heavy atom. The number of rotatable bonds is 8. The summed E-state index contributed by atoms with van der Waals surface area (Å²) in [6, 6.07) is 1.93. The van der Waals surface area contributed by atoms with Gasteiger partial charge in [-0.2, -0.15) is 0 Å². The Bertz CT molecular complexity index is 804. The molecule has 0 bridgehead atoms. The highest BCUT2D eigenvalue weighted by Gasteiger charge is 2.32. The smallest absolute Gasteiger partial charge is 0.348 e. The molecule has 2 aliphatic rings. The second-order valence-corrected chi connectivity index (χ2v) is 10.7. The lowest BCUT2D eigenvalue weighted by Crippen LogP contribution is -2.39. The Morgan fingerprint density at radius 1 is 1.16 bits per heavy atom. The van der Waals surface area contributed by atoms with Crippen LogP contribution in [0.3, 0.4) is 0 Å². The van der Waals surface area contributed by atoms with Gasteiger partial charge >= 0.3 is 5.97 Å². The SMILES string of the molecule is CC(O)CCCN(C(=O)C1CCC(C)CC1)c1cc(C2=CCCC(C)C2)sc1C(=O)O. The van der Waals surface area contributed by atoms with Crippen molar-refractivity contribution in [1.29, 1.82) is 0 Å². The summed E-state index contributed by atoms with van der Waals surface area (Å²) in [5.41, 5.74) is 1.75. The van der Waals surface area contributed by atoms with Crippen molar-refractivity contribution >= 4 is 34.5 Å². The maximum atomic E-state index is 13.6. The topological polar surface area (TPSA) is 77.8 Å². The predicted octanol–water partition coefficient (Wildman–Crippen LogP) is 5.97. The van der Waals surface area contributed by atoms with Crippen molar-refractivity contribution in [1.82, 2.24) is 0 Å². The quantitative estimate of drug-likeness (QED) is 0.515. The number of hydrogen-bond acceptors (Lipinski definition) is 4. The zero-order valence-electron chi connectivity index (χ0n) is 19.1. The first-order valence-corrected chi connectivity index (χ1v) is 12.6. The standard InChI is InChI=1S/C25H37NO4S/c1-16-9-11-19(12-10-16)24(28)26(13-5-7-18(3)27)21-15-22(31-23(21)25(29)30)20-8-4-6-17(2)14-20/h8,15-19,27H,4-7,9-14H2,1-3H3,(H,29,30). The van der Waals surface area contributed by atoms with Gasteiger partial charge in [0.15, 0.2) is 0 Å². The Kier molecular flexibility index (Phi) is 8.34. The molecule has 2 N–H and O–H groups in total. The maximum absolute atomic E-state index is 13.6. The van der Waals surface area contributed by atoms with E-state index >= 15 is 0 Å². The summed E-state index contributed by atoms with van der Waals surface area (Å²) in [5, 5.41) is 19.6. The van der Waals surface area contributed by atoms with Gasteiger partial charge in [-0.3, -0.25) is 4.79 Å². The Balaban J connectivity index is 1.91. The average Bonchev–Trinajstić information content (AvgIpc) is 3.17. The summed E-state index contributed by atoms with van der Waals surface area (Å²) in [5.74, 6) is 0.278. The van der Waals surface area contributed by atoms with Crippen LogP contribution in [0.15, 0.2) is 12.1 Å². The molecule has 1 aromatic heterocycles. The number of aromatic carboxylic acids is 1. The normalized spacial score (nSPS) is 25.0. The highest BCUT2D eigenvalue weighted by atomic mass is 32.1. The van der Waals surface area contributed by atoms with Crippen molar-refractivity contribution in [3.8, 4) is 0 Å². The molecule has 3 rings (SSSR count). The molecule has 0 radical (unpaired) electrons. The molecule has 2 atom stereocenters. The Morgan fingerprint density at radius 3 is 2.48 bits per heavy atom. The van der Waals surface area contributed by atoms with Gasteiger partial charge in [0.25, 0.3) is 0 Å². The van der Waals surface area contributed by atoms with Crippen LogP contribution in [-0.2, 0) is 4.79 Å². The average molecular weight is 448 g/mol. The van der Waals surface area contributed by atoms with Crippen molar-refractivity contribution in [2.75, 3.05) is 11.4 Å². The number of aliphatic hydroxyl groups is 1. The zero-order chi connectivity index (χ0) is 22.5. The van der Waals surface area contributed by atoms with Crippen molar-refractivity contribution in [3.63, 3.8) is 0 Å². The molecule has 2 aliphatic carbocycles. The van der Waals surface area contributed by atoms with Crippen LogP contribution in [0.4, 0.5) is 5.69 Å². The fourth-order valence-electron chi connectivity index (χ4n) is 4.82. The highest BCUT2D eigenvalue weighted by Crippen LogP contribution is 2.40. The van der Waals surface area contributed by atoms with Crippen molar-refractivity contribution < 1.29 is 19.8 Å². The van der Waals surface area contributed by atoms with E-state index in [0.717, 1.165) is 49.8 Å². The summed E-state index contributed by atoms with van der Waals surface area (Å²) in [6.07, 6.45) is 10.00. The molecule has 1 fully saturated rings. The van der Waals surface area contributed by atoms with Gasteiger partial charge in [0.05, 0.1) is 11.8 Å². The Labute approximate surface area is 190 Å². The van der Waals surface area contributed by atoms with Gasteiger partial charge in [-0.25, -0.2) is 4.79 Å². The third kappa shape index (κ3) is 6.19. The number of allylic oxidation sites excluding steroid dienone is 2. The number of thiophene rings is 1. The summed E-state index contributed by atoms with van der Waals surface area (Å²) < 4.78 is 0. The largest absolute Gasteiger partial charge is 0.477 e. The van der Waals surface area contributed by atoms with Crippen LogP contribution in [0.2, 0.25) is 0 Å². The van der Waals surface area contributed by atoms with Crippen LogP contribution in [-0.4, -0.2) is 34.7 Å². The predicted molar refractivity (Wildman–Crippen MR) is 127 cm³/mol. The van der Waals surface area contributed by atoms with E-state index in [1.165, 1.54) is 16.9 Å². The third-order valence-electron chi connectivity index (χ3n) is 6.77. The minimum atomic E-state index is -0.971. The molecule has 0 aliphatic heterocycles. The van der Waals surface area contributed by atoms with E-state index in [-0.39, 0.29) is 16.7 Å². The van der Waals surface area contributed by atoms with Crippen LogP contribution < -0.4 is 4.90 Å². The van der Waals surface area contributed by atoms with Gasteiger partial charge in [0, 0.05) is 17.3 Å². The van der Waals surface area contributed by atoms with Crippen LogP contribution in [0.25, 0.3) is 5.57 Å². The van der Waals surface area contributed by atoms with E-state index in [0.29, 0.717) is 36.9 Å². The number of nitrogens with zero attached hydrogens (tertiary/aromatic N) is 1. The summed E-state index contributed by atoms with van der Waals surface area (Å²) in [6.45, 7) is 6.65. The fourth-order valence-corrected chi connectivity index (χ4v) is 5.87. The van der Waals surface area contributed by atoms with Crippen LogP contribution >= 0.6 is 11.3 Å². The van der Waals surface area contributed by atoms with E-state index in [2.05, 4.69) is 19.9 Å². The number of carbonyl (C=O) groups is 2. The molecule has 1 amide bonds. The second kappa shape index (κ2) is 10.8. The zero-order valence-corrected chi connectivity index (χ0v) is 19.9. The minimum absolute atomic E-state index is 0.0401. The molecule has 0 aromatic carbocycles. The van der Waals surface area contributed by atoms with Gasteiger partial charge in [0.1, 0.15) is 4.88 Å². The molecule has 172 valence electrons. The van der Waals surface area contributed by atoms with Crippen molar-refractivity contribution in [2.45, 2.75) is 84.7 Å². The van der Waals surface area contributed by atoms with Crippen molar-refractivity contribution in [3.05, 3.63) is 21.9 Å². The van der Waals surface area contributed by atoms with Gasteiger partial charge in [-0.05, 0) is 88.2 Å². The third-order valence-corrected chi connectivity index (χ3v) is 7.96. The van der Waals surface area contributed by atoms with Crippen LogP contribution in [0.5, 0.6) is 0 Å². The number of carboxylic acid groups (broad SMARTS) is 1. The lowest BCUT2D eigenvalue weighted by atomic mass is 9.82. The summed E-state index contributed by atoms with van der Waals surface area (Å²) in [4.78, 5) is 28.6. The van der Waals surface area contributed by atoms with E-state index in [4.69, 9.17) is 0 Å². The minimum Gasteiger partial charge on any atom is -0.477 e. The van der Waals surface area contributed by atoms with Crippen LogP contribution in [0.1, 0.15) is 93.1 Å². The fraction of sp³-hybridized carbons (Fsp3) is 0.680. The molecule has 0 saturated heterocycles. The van der Waals surface area contributed by atoms with E-state index < -0.39 is 12.1 Å². The molecule has 1 saturated carbocycles. The molecule has 1 heterocycles. The molecular weight excluding hydrogens is 410 g/mol. The van der Waals surface area contributed by atoms with Gasteiger partial charge in [-0.15, -0.1) is 11.3 Å². The molecule has 6 heteroatoms. The second-order valence-electron chi connectivity index (χ2n) is 9.68. The van der Waals surface area contributed by atoms with Crippen LogP contribution in [0, 0.1) is 17.8 Å². The molecule has 31 heavy (non-hydrogen) atoms. The van der Waals surface area contributed by atoms with E-state index in [1.54, 1.807) is 11.8 Å². The van der Waals surface area contributed by atoms with Gasteiger partial charge in [-0.1, -0.05) is 19.9 Å². The number of aliphatic hydroxyl groups excluding tert-OH is 1. The number of carbonyl (C=O) groups excluding carboxylic acids is 1. The van der Waals surface area contributed by atoms with E-state index in [1.807, 2.05) is 6.07 Å². The lowest BCUT2D eigenvalue weighted by molar-refractivity contribution is -0.123. The highest BCUT2D eigenvalue weighted by molar-refractivity contribution is 7.15. The van der Waals surface area contributed by atoms with Gasteiger partial charge in [0.2, 0.25) is 5.91 Å². The number of hydrogen-bond donors (Lipinski definition) is 2. The number of carboxylic acids is 1. The molecular formula is C25H37NO4S. The number of anilines is 1. The maximum Gasteiger partial charge on any atom is 0.348 e. The van der Waals surface area contributed by atoms with Gasteiger partial charge < -0.3 is 15.1 Å². The molecule has 0 spiro atoms.